The van der Waals surface area contributed by atoms with E-state index in [1.54, 1.807) is 12.3 Å². The summed E-state index contributed by atoms with van der Waals surface area (Å²) >= 11 is 0. The number of fused-ring (bicyclic) bond motifs is 6. The van der Waals surface area contributed by atoms with Crippen LogP contribution in [0.4, 0.5) is 4.39 Å². The molecule has 34 heavy (non-hydrogen) atoms. The van der Waals surface area contributed by atoms with Crippen molar-refractivity contribution in [2.24, 2.45) is 40.4 Å². The van der Waals surface area contributed by atoms with Crippen molar-refractivity contribution >= 4 is 10.9 Å². The van der Waals surface area contributed by atoms with E-state index < -0.39 is 0 Å². The van der Waals surface area contributed by atoms with Gasteiger partial charge in [-0.05, 0) is 123 Å². The minimum absolute atomic E-state index is 0.0510. The monoisotopic (exact) mass is 464 g/mol. The Balaban J connectivity index is 1.11. The summed E-state index contributed by atoms with van der Waals surface area (Å²) < 4.78 is 13.9. The predicted octanol–water partition coefficient (Wildman–Crippen LogP) is 7.11. The van der Waals surface area contributed by atoms with Crippen molar-refractivity contribution in [2.45, 2.75) is 97.0 Å². The average Bonchev–Trinajstić information content (AvgIpc) is 3.16. The van der Waals surface area contributed by atoms with E-state index in [4.69, 9.17) is 0 Å². The lowest BCUT2D eigenvalue weighted by molar-refractivity contribution is -0.126. The highest BCUT2D eigenvalue weighted by atomic mass is 19.1. The van der Waals surface area contributed by atoms with Gasteiger partial charge in [0, 0.05) is 12.6 Å². The topological polar surface area (TPSA) is 46.0 Å². The molecule has 6 rings (SSSR count). The van der Waals surface area contributed by atoms with Gasteiger partial charge in [0.1, 0.15) is 11.6 Å². The third kappa shape index (κ3) is 3.62. The molecule has 4 fully saturated rings. The van der Waals surface area contributed by atoms with Crippen LogP contribution in [0.1, 0.15) is 90.3 Å². The molecule has 0 aliphatic heterocycles. The lowest BCUT2D eigenvalue weighted by Crippen LogP contribution is -2.53. The van der Waals surface area contributed by atoms with E-state index in [0.29, 0.717) is 16.2 Å². The molecule has 0 amide bonds. The Morgan fingerprint density at radius 2 is 1.82 bits per heavy atom. The number of aliphatic hydroxyl groups is 1. The molecule has 1 N–H and O–H groups in total. The summed E-state index contributed by atoms with van der Waals surface area (Å²) in [6.07, 6.45) is 16.5. The van der Waals surface area contributed by atoms with Gasteiger partial charge in [0.15, 0.2) is 0 Å². The predicted molar refractivity (Wildman–Crippen MR) is 134 cm³/mol. The Kier molecular flexibility index (Phi) is 5.75. The first-order valence-electron chi connectivity index (χ1n) is 14.0. The number of benzene rings is 1. The number of aryl methyl sites for hydroxylation is 1. The van der Waals surface area contributed by atoms with Gasteiger partial charge in [-0.1, -0.05) is 19.9 Å². The second-order valence-electron chi connectivity index (χ2n) is 12.8. The molecule has 0 spiro atoms. The van der Waals surface area contributed by atoms with E-state index >= 15 is 0 Å². The lowest BCUT2D eigenvalue weighted by atomic mass is 9.44. The number of aromatic nitrogens is 2. The van der Waals surface area contributed by atoms with Crippen LogP contribution in [-0.2, 0) is 6.42 Å². The highest BCUT2D eigenvalue weighted by Gasteiger charge is 2.59. The fraction of sp³-hybridized carbons (Fsp3) is 0.733. The first kappa shape index (κ1) is 22.9. The van der Waals surface area contributed by atoms with Crippen LogP contribution < -0.4 is 0 Å². The van der Waals surface area contributed by atoms with E-state index in [1.807, 2.05) is 6.07 Å². The van der Waals surface area contributed by atoms with Crippen LogP contribution in [0.5, 0.6) is 0 Å². The largest absolute Gasteiger partial charge is 0.393 e. The zero-order chi connectivity index (χ0) is 23.5. The second kappa shape index (κ2) is 8.54. The van der Waals surface area contributed by atoms with Crippen molar-refractivity contribution in [1.29, 1.82) is 0 Å². The summed E-state index contributed by atoms with van der Waals surface area (Å²) in [4.78, 5) is 9.10. The maximum absolute atomic E-state index is 13.9. The third-order valence-electron chi connectivity index (χ3n) is 11.4. The van der Waals surface area contributed by atoms with Gasteiger partial charge in [-0.2, -0.15) is 0 Å². The molecule has 8 atom stereocenters. The summed E-state index contributed by atoms with van der Waals surface area (Å²) in [5.74, 6) is 4.84. The maximum atomic E-state index is 13.9. The number of hydrogen-bond donors (Lipinski definition) is 1. The van der Waals surface area contributed by atoms with Gasteiger partial charge >= 0.3 is 0 Å². The molecular weight excluding hydrogens is 423 g/mol. The molecule has 4 aliphatic carbocycles. The molecule has 1 aromatic heterocycles. The van der Waals surface area contributed by atoms with E-state index in [2.05, 4.69) is 23.8 Å². The van der Waals surface area contributed by atoms with E-state index in [0.717, 1.165) is 66.6 Å². The number of halogens is 1. The Bertz CT molecular complexity index is 1060. The van der Waals surface area contributed by atoms with E-state index in [-0.39, 0.29) is 11.9 Å². The van der Waals surface area contributed by atoms with Crippen LogP contribution in [0, 0.1) is 46.2 Å². The highest BCUT2D eigenvalue weighted by Crippen LogP contribution is 2.67. The Labute approximate surface area is 204 Å². The Morgan fingerprint density at radius 3 is 2.71 bits per heavy atom. The normalized spacial score (nSPS) is 41.6. The summed E-state index contributed by atoms with van der Waals surface area (Å²) in [5, 5.41) is 10.8. The fourth-order valence-electron chi connectivity index (χ4n) is 9.50. The zero-order valence-corrected chi connectivity index (χ0v) is 21.0. The lowest BCUT2D eigenvalue weighted by Gasteiger charge is -2.61. The molecule has 7 unspecified atom stereocenters. The molecule has 3 nitrogen and oxygen atoms in total. The molecule has 4 saturated carbocycles. The van der Waals surface area contributed by atoms with Crippen LogP contribution in [0.25, 0.3) is 10.9 Å². The van der Waals surface area contributed by atoms with E-state index in [9.17, 15) is 9.50 Å². The molecule has 0 saturated heterocycles. The Hall–Kier alpha value is -1.55. The van der Waals surface area contributed by atoms with Crippen molar-refractivity contribution in [3.05, 3.63) is 36.0 Å². The molecule has 184 valence electrons. The van der Waals surface area contributed by atoms with Crippen molar-refractivity contribution in [3.8, 4) is 0 Å². The summed E-state index contributed by atoms with van der Waals surface area (Å²) in [6.45, 7) is 5.21. The van der Waals surface area contributed by atoms with Crippen molar-refractivity contribution in [3.63, 3.8) is 0 Å². The fourth-order valence-corrected chi connectivity index (χ4v) is 9.50. The molecular formula is C30H41FN2O. The van der Waals surface area contributed by atoms with Gasteiger partial charge in [0.2, 0.25) is 0 Å². The van der Waals surface area contributed by atoms with Gasteiger partial charge in [0.25, 0.3) is 0 Å². The number of hydrogen-bond acceptors (Lipinski definition) is 3. The standard InChI is InChI=1S/C30H41FN2O/c1-29-16-14-25-22(11-9-20-17-21(34)13-15-30(20,25)2)24(29)12-10-19(29)5-3-8-28-32-18-23-26(31)6-4-7-27(23)33-28/h4,6-7,18-22,24-25,34H,3,5,8-17H2,1-2H3/t19?,20?,21-,22?,24?,25?,29?,30?/m1/s1. The minimum atomic E-state index is -0.239. The molecule has 0 bridgehead atoms. The average molecular weight is 465 g/mol. The summed E-state index contributed by atoms with van der Waals surface area (Å²) in [7, 11) is 0. The first-order valence-corrected chi connectivity index (χ1v) is 14.0. The van der Waals surface area contributed by atoms with Crippen LogP contribution in [0.15, 0.2) is 24.4 Å². The SMILES string of the molecule is CC12CCC3C(CCC4C[C@H](O)CCC43C)C1CCC2CCCc1ncc2c(F)cccc2n1. The third-order valence-corrected chi connectivity index (χ3v) is 11.4. The van der Waals surface area contributed by atoms with E-state index in [1.165, 1.54) is 57.4 Å². The van der Waals surface area contributed by atoms with Crippen molar-refractivity contribution in [1.82, 2.24) is 9.97 Å². The molecule has 1 heterocycles. The minimum Gasteiger partial charge on any atom is -0.393 e. The van der Waals surface area contributed by atoms with Crippen LogP contribution in [-0.4, -0.2) is 21.2 Å². The van der Waals surface area contributed by atoms with Gasteiger partial charge in [-0.3, -0.25) is 0 Å². The van der Waals surface area contributed by atoms with Gasteiger partial charge in [-0.25, -0.2) is 14.4 Å². The molecule has 0 radical (unpaired) electrons. The summed E-state index contributed by atoms with van der Waals surface area (Å²) in [5.41, 5.74) is 1.68. The first-order chi connectivity index (χ1) is 16.4. The van der Waals surface area contributed by atoms with Gasteiger partial charge < -0.3 is 5.11 Å². The number of nitrogens with zero attached hydrogens (tertiary/aromatic N) is 2. The highest BCUT2D eigenvalue weighted by molar-refractivity contribution is 5.78. The molecule has 4 heteroatoms. The van der Waals surface area contributed by atoms with Crippen LogP contribution >= 0.6 is 0 Å². The second-order valence-corrected chi connectivity index (χ2v) is 12.8. The maximum Gasteiger partial charge on any atom is 0.134 e. The number of rotatable bonds is 4. The Morgan fingerprint density at radius 1 is 1.00 bits per heavy atom. The van der Waals surface area contributed by atoms with Crippen molar-refractivity contribution < 1.29 is 9.50 Å². The van der Waals surface area contributed by atoms with Crippen LogP contribution in [0.3, 0.4) is 0 Å². The van der Waals surface area contributed by atoms with Gasteiger partial charge in [0.05, 0.1) is 17.0 Å². The zero-order valence-electron chi connectivity index (χ0n) is 21.0. The molecule has 4 aliphatic rings. The van der Waals surface area contributed by atoms with Crippen LogP contribution in [0.2, 0.25) is 0 Å². The quantitative estimate of drug-likeness (QED) is 0.524. The molecule has 2 aromatic rings. The smallest absolute Gasteiger partial charge is 0.134 e. The molecule has 1 aromatic carbocycles. The summed E-state index contributed by atoms with van der Waals surface area (Å²) in [6, 6.07) is 5.09. The number of aliphatic hydroxyl groups excluding tert-OH is 1. The van der Waals surface area contributed by atoms with Gasteiger partial charge in [-0.15, -0.1) is 0 Å². The van der Waals surface area contributed by atoms with Crippen molar-refractivity contribution in [2.75, 3.05) is 0 Å².